The van der Waals surface area contributed by atoms with E-state index in [9.17, 15) is 0 Å². The van der Waals surface area contributed by atoms with Crippen LogP contribution in [0.2, 0.25) is 0 Å². The van der Waals surface area contributed by atoms with Crippen LogP contribution in [0.1, 0.15) is 0 Å². The van der Waals surface area contributed by atoms with Crippen LogP contribution >= 0.6 is 11.7 Å². The van der Waals surface area contributed by atoms with Gasteiger partial charge in [-0.2, -0.15) is 0 Å². The minimum absolute atomic E-state index is 0. The third-order valence-corrected chi connectivity index (χ3v) is 0. The van der Waals surface area contributed by atoms with Crippen molar-refractivity contribution in [2.45, 2.75) is 0 Å². The average molecular weight is 99.2 g/mol. The second kappa shape index (κ2) is 9.82. The molecule has 0 amide bonds. The van der Waals surface area contributed by atoms with E-state index in [1.165, 1.54) is 0 Å². The molecule has 0 unspecified atom stereocenters. The largest absolute Gasteiger partial charge is 0.344 e. The molecule has 0 aromatic rings. The SMILES string of the molecule is N.O=[SH]S. The van der Waals surface area contributed by atoms with Crippen LogP contribution in [0, 0.1) is 0 Å². The Morgan fingerprint density at radius 1 is 1.75 bits per heavy atom. The third-order valence-electron chi connectivity index (χ3n) is 0. The third kappa shape index (κ3) is 24.8. The van der Waals surface area contributed by atoms with E-state index in [2.05, 4.69) is 11.7 Å². The number of hydrogen-bond acceptors (Lipinski definition) is 2. The summed E-state index contributed by atoms with van der Waals surface area (Å²) in [5.74, 6) is 0. The van der Waals surface area contributed by atoms with Crippen LogP contribution in [-0.2, 0) is 10.7 Å². The van der Waals surface area contributed by atoms with Crippen LogP contribution in [0.5, 0.6) is 0 Å². The van der Waals surface area contributed by atoms with Gasteiger partial charge in [0, 0.05) is 0 Å². The predicted molar refractivity (Wildman–Crippen MR) is 23.5 cm³/mol. The van der Waals surface area contributed by atoms with Gasteiger partial charge in [0.15, 0.2) is 0 Å². The molecule has 0 radical (unpaired) electrons. The molecular weight excluding hydrogens is 94.1 g/mol. The van der Waals surface area contributed by atoms with Crippen molar-refractivity contribution >= 4 is 22.4 Å². The maximum atomic E-state index is 8.77. The molecule has 0 aliphatic rings. The summed E-state index contributed by atoms with van der Waals surface area (Å²) >= 11 is 3.21. The molecule has 0 aromatic heterocycles. The van der Waals surface area contributed by atoms with Crippen LogP contribution < -0.4 is 6.15 Å². The molecule has 0 atom stereocenters. The maximum Gasteiger partial charge on any atom is 0.0640 e. The van der Waals surface area contributed by atoms with Gasteiger partial charge in [0.25, 0.3) is 0 Å². The topological polar surface area (TPSA) is 52.1 Å². The van der Waals surface area contributed by atoms with Gasteiger partial charge in [-0.3, -0.25) is 4.21 Å². The lowest BCUT2D eigenvalue weighted by Crippen LogP contribution is -1.16. The van der Waals surface area contributed by atoms with Crippen LogP contribution in [0.25, 0.3) is 0 Å². The fourth-order valence-corrected chi connectivity index (χ4v) is 0. The van der Waals surface area contributed by atoms with E-state index in [4.69, 9.17) is 4.21 Å². The standard InChI is InChI=1S/H3N.H2OS2/c;1-3-2/h1H3;3H,(H,1,2). The second-order valence-corrected chi connectivity index (χ2v) is 0.735. The molecule has 0 fully saturated rings. The van der Waals surface area contributed by atoms with Crippen molar-refractivity contribution in [2.75, 3.05) is 0 Å². The summed E-state index contributed by atoms with van der Waals surface area (Å²) in [6, 6.07) is 0. The van der Waals surface area contributed by atoms with E-state index in [-0.39, 0.29) is 16.8 Å². The number of thiol groups is 2. The monoisotopic (exact) mass is 99.0 g/mol. The Labute approximate surface area is 33.5 Å². The van der Waals surface area contributed by atoms with E-state index in [1.54, 1.807) is 0 Å². The zero-order chi connectivity index (χ0) is 2.71. The van der Waals surface area contributed by atoms with Crippen molar-refractivity contribution in [2.24, 2.45) is 0 Å². The minimum Gasteiger partial charge on any atom is -0.344 e. The highest BCUT2D eigenvalue weighted by Gasteiger charge is 1.19. The van der Waals surface area contributed by atoms with Gasteiger partial charge in [0.05, 0.1) is 10.7 Å². The number of hydrogen-bond donors (Lipinski definition) is 3. The van der Waals surface area contributed by atoms with Crippen LogP contribution in [0.15, 0.2) is 0 Å². The summed E-state index contributed by atoms with van der Waals surface area (Å²) in [4.78, 5) is 0. The van der Waals surface area contributed by atoms with Gasteiger partial charge in [-0.15, -0.1) is 0 Å². The van der Waals surface area contributed by atoms with Crippen LogP contribution in [0.3, 0.4) is 0 Å². The normalized spacial score (nSPS) is 4.25. The average Bonchev–Trinajstić information content (AvgIpc) is 0.918. The van der Waals surface area contributed by atoms with Gasteiger partial charge >= 0.3 is 0 Å². The summed E-state index contributed by atoms with van der Waals surface area (Å²) in [6.07, 6.45) is 0. The van der Waals surface area contributed by atoms with E-state index in [0.29, 0.717) is 0 Å². The Morgan fingerprint density at radius 2 is 1.75 bits per heavy atom. The molecule has 4 heavy (non-hydrogen) atoms. The smallest absolute Gasteiger partial charge is 0.0640 e. The molecule has 0 heterocycles. The zero-order valence-electron chi connectivity index (χ0n) is 2.01. The first-order chi connectivity index (χ1) is 1.41. The molecule has 2 nitrogen and oxygen atoms in total. The Balaban J connectivity index is 0. The van der Waals surface area contributed by atoms with Gasteiger partial charge in [-0.05, 0) is 0 Å². The van der Waals surface area contributed by atoms with Crippen molar-refractivity contribution in [1.29, 1.82) is 0 Å². The zero-order valence-corrected chi connectivity index (χ0v) is 3.80. The summed E-state index contributed by atoms with van der Waals surface area (Å²) in [5, 5.41) is 0. The molecule has 0 saturated heterocycles. The Morgan fingerprint density at radius 3 is 1.75 bits per heavy atom. The lowest BCUT2D eigenvalue weighted by molar-refractivity contribution is 0.701. The molecule has 0 aliphatic carbocycles. The molecular formula is H5NOS2. The molecule has 3 N–H and O–H groups in total. The van der Waals surface area contributed by atoms with E-state index >= 15 is 0 Å². The highest BCUT2D eigenvalue weighted by atomic mass is 33.1. The molecule has 28 valence electrons. The Hall–Kier alpha value is 0.460. The van der Waals surface area contributed by atoms with Gasteiger partial charge < -0.3 is 6.15 Å². The maximum absolute atomic E-state index is 8.77. The van der Waals surface area contributed by atoms with Crippen molar-refractivity contribution in [1.82, 2.24) is 6.15 Å². The fraction of sp³-hybridized carbons (Fsp3) is 0. The molecule has 0 saturated carbocycles. The summed E-state index contributed by atoms with van der Waals surface area (Å²) in [5.41, 5.74) is 0. The summed E-state index contributed by atoms with van der Waals surface area (Å²) in [7, 11) is -0.139. The van der Waals surface area contributed by atoms with E-state index in [1.807, 2.05) is 0 Å². The number of rotatable bonds is 0. The first-order valence-electron chi connectivity index (χ1n) is 0.383. The molecule has 0 aromatic carbocycles. The van der Waals surface area contributed by atoms with Crippen molar-refractivity contribution in [3.05, 3.63) is 0 Å². The first-order valence-corrected chi connectivity index (χ1v) is 2.35. The predicted octanol–water partition coefficient (Wildman–Crippen LogP) is -0.0615. The molecule has 0 rings (SSSR count). The van der Waals surface area contributed by atoms with Gasteiger partial charge in [0.2, 0.25) is 0 Å². The van der Waals surface area contributed by atoms with Crippen molar-refractivity contribution in [3.63, 3.8) is 0 Å². The lowest BCUT2D eigenvalue weighted by Gasteiger charge is -1.27. The summed E-state index contributed by atoms with van der Waals surface area (Å²) < 4.78 is 8.77. The molecule has 0 aliphatic heterocycles. The second-order valence-electron chi connectivity index (χ2n) is 0.0816. The van der Waals surface area contributed by atoms with Crippen molar-refractivity contribution < 1.29 is 4.21 Å². The first kappa shape index (κ1) is 8.82. The van der Waals surface area contributed by atoms with Gasteiger partial charge in [-0.1, -0.05) is 11.7 Å². The molecule has 0 bridgehead atoms. The summed E-state index contributed by atoms with van der Waals surface area (Å²) in [6.45, 7) is 0. The van der Waals surface area contributed by atoms with E-state index < -0.39 is 0 Å². The Kier molecular flexibility index (Phi) is 21.7. The highest BCUT2D eigenvalue weighted by Crippen LogP contribution is 1.48. The van der Waals surface area contributed by atoms with E-state index in [0.717, 1.165) is 0 Å². The molecule has 4 heteroatoms. The van der Waals surface area contributed by atoms with Crippen molar-refractivity contribution in [3.8, 4) is 0 Å². The molecule has 0 spiro atoms. The van der Waals surface area contributed by atoms with Gasteiger partial charge in [0.1, 0.15) is 0 Å². The van der Waals surface area contributed by atoms with Gasteiger partial charge in [-0.25, -0.2) is 0 Å². The van der Waals surface area contributed by atoms with Crippen LogP contribution in [-0.4, -0.2) is 4.21 Å². The minimum atomic E-state index is -0.139. The highest BCUT2D eigenvalue weighted by molar-refractivity contribution is 8.51. The Bertz CT molecular complexity index is 13.5. The lowest BCUT2D eigenvalue weighted by atomic mass is 14.0. The quantitative estimate of drug-likeness (QED) is 0.294. The fourth-order valence-electron chi connectivity index (χ4n) is 0. The van der Waals surface area contributed by atoms with Crippen LogP contribution in [0.4, 0.5) is 0 Å².